The number of amides is 1. The maximum atomic E-state index is 11.7. The number of nitrogens with zero attached hydrogens (tertiary/aromatic N) is 2. The molecule has 0 aromatic heterocycles. The topological polar surface area (TPSA) is 68.8 Å². The third-order valence-electron chi connectivity index (χ3n) is 4.00. The number of nitrogens with one attached hydrogen (secondary N) is 3. The quantitative estimate of drug-likeness (QED) is 0.488. The molecular formula is C17H35N5O. The second-order valence-corrected chi connectivity index (χ2v) is 6.78. The summed E-state index contributed by atoms with van der Waals surface area (Å²) in [5, 5.41) is 9.67. The lowest BCUT2D eigenvalue weighted by atomic mass is 10.0. The summed E-state index contributed by atoms with van der Waals surface area (Å²) in [6, 6.07) is 1.27. The Morgan fingerprint density at radius 2 is 1.87 bits per heavy atom. The van der Waals surface area contributed by atoms with Gasteiger partial charge in [0, 0.05) is 44.2 Å². The maximum Gasteiger partial charge on any atom is 0.222 e. The molecule has 1 fully saturated rings. The lowest BCUT2D eigenvalue weighted by Gasteiger charge is -2.35. The molecule has 0 unspecified atom stereocenters. The zero-order valence-corrected chi connectivity index (χ0v) is 15.5. The van der Waals surface area contributed by atoms with E-state index in [4.69, 9.17) is 0 Å². The average Bonchev–Trinajstić information content (AvgIpc) is 2.47. The molecular weight excluding hydrogens is 290 g/mol. The number of hydrogen-bond acceptors (Lipinski definition) is 3. The number of likely N-dealkylation sites (tertiary alicyclic amines) is 1. The van der Waals surface area contributed by atoms with Crippen molar-refractivity contribution in [1.82, 2.24) is 20.9 Å². The molecule has 1 rings (SSSR count). The van der Waals surface area contributed by atoms with Crippen molar-refractivity contribution in [2.45, 2.75) is 72.0 Å². The first-order chi connectivity index (χ1) is 10.9. The van der Waals surface area contributed by atoms with E-state index >= 15 is 0 Å². The molecule has 23 heavy (non-hydrogen) atoms. The van der Waals surface area contributed by atoms with Gasteiger partial charge in [0.1, 0.15) is 0 Å². The smallest absolute Gasteiger partial charge is 0.222 e. The number of aliphatic imine (C=N–C) groups is 1. The highest BCUT2D eigenvalue weighted by Gasteiger charge is 2.21. The molecule has 0 radical (unpaired) electrons. The molecule has 1 heterocycles. The van der Waals surface area contributed by atoms with E-state index in [-0.39, 0.29) is 11.9 Å². The Morgan fingerprint density at radius 1 is 1.22 bits per heavy atom. The van der Waals surface area contributed by atoms with Gasteiger partial charge in [-0.25, -0.2) is 0 Å². The van der Waals surface area contributed by atoms with E-state index in [0.29, 0.717) is 25.0 Å². The van der Waals surface area contributed by atoms with E-state index in [0.717, 1.165) is 38.4 Å². The Kier molecular flexibility index (Phi) is 8.99. The molecule has 0 spiro atoms. The van der Waals surface area contributed by atoms with E-state index in [9.17, 15) is 4.79 Å². The van der Waals surface area contributed by atoms with Crippen LogP contribution in [0.25, 0.3) is 0 Å². The minimum Gasteiger partial charge on any atom is -0.357 e. The fourth-order valence-corrected chi connectivity index (χ4v) is 2.74. The molecule has 134 valence electrons. The minimum absolute atomic E-state index is 0.0600. The molecule has 1 amide bonds. The molecule has 0 saturated carbocycles. The monoisotopic (exact) mass is 325 g/mol. The zero-order valence-electron chi connectivity index (χ0n) is 15.5. The minimum atomic E-state index is 0.0600. The van der Waals surface area contributed by atoms with Crippen molar-refractivity contribution in [3.8, 4) is 0 Å². The normalized spacial score (nSPS) is 17.6. The Morgan fingerprint density at radius 3 is 2.39 bits per heavy atom. The third-order valence-corrected chi connectivity index (χ3v) is 4.00. The molecule has 6 heteroatoms. The predicted molar refractivity (Wildman–Crippen MR) is 96.7 cm³/mol. The summed E-state index contributed by atoms with van der Waals surface area (Å²) in [4.78, 5) is 18.7. The van der Waals surface area contributed by atoms with Crippen LogP contribution in [-0.2, 0) is 4.79 Å². The Bertz CT molecular complexity index is 373. The summed E-state index contributed by atoms with van der Waals surface area (Å²) in [7, 11) is 0. The van der Waals surface area contributed by atoms with Crippen molar-refractivity contribution in [2.24, 2.45) is 4.99 Å². The Hall–Kier alpha value is -1.30. The van der Waals surface area contributed by atoms with Gasteiger partial charge in [0.15, 0.2) is 5.96 Å². The molecule has 1 aliphatic rings. The first-order valence-electron chi connectivity index (χ1n) is 9.00. The SMILES string of the molecule is CCNC(=NCCC(=O)NC(C)C)NC1CCN(C(C)C)CC1. The molecule has 3 N–H and O–H groups in total. The van der Waals surface area contributed by atoms with E-state index in [1.807, 2.05) is 13.8 Å². The van der Waals surface area contributed by atoms with Crippen molar-refractivity contribution in [2.75, 3.05) is 26.2 Å². The van der Waals surface area contributed by atoms with Crippen LogP contribution in [0.15, 0.2) is 4.99 Å². The number of hydrogen-bond donors (Lipinski definition) is 3. The highest BCUT2D eigenvalue weighted by atomic mass is 16.1. The Balaban J connectivity index is 2.39. The summed E-state index contributed by atoms with van der Waals surface area (Å²) in [6.45, 7) is 14.1. The molecule has 6 nitrogen and oxygen atoms in total. The molecule has 1 aliphatic heterocycles. The van der Waals surface area contributed by atoms with E-state index in [2.05, 4.69) is 46.6 Å². The molecule has 0 aromatic carbocycles. The van der Waals surface area contributed by atoms with Crippen LogP contribution in [0, 0.1) is 0 Å². The van der Waals surface area contributed by atoms with Gasteiger partial charge in [-0.15, -0.1) is 0 Å². The van der Waals surface area contributed by atoms with Crippen molar-refractivity contribution in [3.05, 3.63) is 0 Å². The van der Waals surface area contributed by atoms with Gasteiger partial charge >= 0.3 is 0 Å². The second kappa shape index (κ2) is 10.5. The molecule has 0 aliphatic carbocycles. The van der Waals surface area contributed by atoms with Gasteiger partial charge in [-0.05, 0) is 47.5 Å². The highest BCUT2D eigenvalue weighted by Crippen LogP contribution is 2.12. The third kappa shape index (κ3) is 8.21. The van der Waals surface area contributed by atoms with Crippen LogP contribution in [0.1, 0.15) is 53.9 Å². The molecule has 0 bridgehead atoms. The fraction of sp³-hybridized carbons (Fsp3) is 0.882. The van der Waals surface area contributed by atoms with Gasteiger partial charge < -0.3 is 20.9 Å². The number of piperidine rings is 1. The first-order valence-corrected chi connectivity index (χ1v) is 9.00. The summed E-state index contributed by atoms with van der Waals surface area (Å²) in [6.07, 6.45) is 2.70. The van der Waals surface area contributed by atoms with Crippen LogP contribution >= 0.6 is 0 Å². The van der Waals surface area contributed by atoms with E-state index in [1.54, 1.807) is 0 Å². The van der Waals surface area contributed by atoms with Gasteiger partial charge in [0.2, 0.25) is 5.91 Å². The van der Waals surface area contributed by atoms with Gasteiger partial charge in [0.05, 0.1) is 6.54 Å². The van der Waals surface area contributed by atoms with Crippen LogP contribution in [0.5, 0.6) is 0 Å². The highest BCUT2D eigenvalue weighted by molar-refractivity contribution is 5.81. The standard InChI is InChI=1S/C17H35N5O/c1-6-18-17(19-10-7-16(23)20-13(2)3)21-15-8-11-22(12-9-15)14(4)5/h13-15H,6-12H2,1-5H3,(H,20,23)(H2,18,19,21). The van der Waals surface area contributed by atoms with Gasteiger partial charge in [0.25, 0.3) is 0 Å². The lowest BCUT2D eigenvalue weighted by molar-refractivity contribution is -0.121. The van der Waals surface area contributed by atoms with Crippen LogP contribution in [0.3, 0.4) is 0 Å². The number of guanidine groups is 1. The predicted octanol–water partition coefficient (Wildman–Crippen LogP) is 1.33. The van der Waals surface area contributed by atoms with Crippen LogP contribution in [0.2, 0.25) is 0 Å². The molecule has 0 aromatic rings. The second-order valence-electron chi connectivity index (χ2n) is 6.78. The van der Waals surface area contributed by atoms with Gasteiger partial charge in [-0.2, -0.15) is 0 Å². The van der Waals surface area contributed by atoms with E-state index < -0.39 is 0 Å². The average molecular weight is 326 g/mol. The number of carbonyl (C=O) groups excluding carboxylic acids is 1. The van der Waals surface area contributed by atoms with Crippen LogP contribution in [-0.4, -0.2) is 61.1 Å². The fourth-order valence-electron chi connectivity index (χ4n) is 2.74. The largest absolute Gasteiger partial charge is 0.357 e. The Labute approximate surface area is 141 Å². The van der Waals surface area contributed by atoms with Crippen LogP contribution in [0.4, 0.5) is 0 Å². The van der Waals surface area contributed by atoms with Gasteiger partial charge in [-0.3, -0.25) is 9.79 Å². The number of carbonyl (C=O) groups is 1. The van der Waals surface area contributed by atoms with Crippen molar-refractivity contribution < 1.29 is 4.79 Å². The van der Waals surface area contributed by atoms with Crippen molar-refractivity contribution in [3.63, 3.8) is 0 Å². The summed E-state index contributed by atoms with van der Waals surface area (Å²) in [5.74, 6) is 0.887. The summed E-state index contributed by atoms with van der Waals surface area (Å²) in [5.41, 5.74) is 0. The van der Waals surface area contributed by atoms with Crippen molar-refractivity contribution in [1.29, 1.82) is 0 Å². The molecule has 0 atom stereocenters. The summed E-state index contributed by atoms with van der Waals surface area (Å²) < 4.78 is 0. The zero-order chi connectivity index (χ0) is 17.2. The van der Waals surface area contributed by atoms with Crippen LogP contribution < -0.4 is 16.0 Å². The summed E-state index contributed by atoms with van der Waals surface area (Å²) >= 11 is 0. The molecule has 1 saturated heterocycles. The maximum absolute atomic E-state index is 11.7. The first kappa shape index (κ1) is 19.7. The number of rotatable bonds is 7. The van der Waals surface area contributed by atoms with Gasteiger partial charge in [-0.1, -0.05) is 0 Å². The van der Waals surface area contributed by atoms with Crippen molar-refractivity contribution >= 4 is 11.9 Å². The van der Waals surface area contributed by atoms with E-state index in [1.165, 1.54) is 0 Å². The lowest BCUT2D eigenvalue weighted by Crippen LogP contribution is -2.49.